The molecule has 1 aromatic rings. The molecule has 0 saturated carbocycles. The lowest BCUT2D eigenvalue weighted by molar-refractivity contribution is 0.578. The van der Waals surface area contributed by atoms with Gasteiger partial charge in [-0.3, -0.25) is 0 Å². The van der Waals surface area contributed by atoms with Crippen LogP contribution in [0.4, 0.5) is 0 Å². The molecule has 14 heavy (non-hydrogen) atoms. The van der Waals surface area contributed by atoms with Crippen molar-refractivity contribution in [1.82, 2.24) is 15.0 Å². The van der Waals surface area contributed by atoms with Crippen LogP contribution in [0.3, 0.4) is 0 Å². The maximum absolute atomic E-state index is 11.3. The molecule has 0 aliphatic rings. The summed E-state index contributed by atoms with van der Waals surface area (Å²) in [5, 5.41) is 5.38. The second-order valence-corrected chi connectivity index (χ2v) is 5.57. The number of rotatable bonds is 6. The van der Waals surface area contributed by atoms with Gasteiger partial charge >= 0.3 is 0 Å². The normalized spacial score (nSPS) is 11.8. The number of nitrogens with one attached hydrogen (secondary N) is 2. The maximum Gasteiger partial charge on any atom is 0.213 e. The molecule has 0 aliphatic heterocycles. The molecule has 2 N–H and O–H groups in total. The lowest BCUT2D eigenvalue weighted by Gasteiger charge is -2.03. The van der Waals surface area contributed by atoms with Crippen LogP contribution in [0.1, 0.15) is 5.01 Å². The number of sulfonamides is 1. The fourth-order valence-electron chi connectivity index (χ4n) is 0.821. The summed E-state index contributed by atoms with van der Waals surface area (Å²) >= 11 is 1.43. The van der Waals surface area contributed by atoms with Gasteiger partial charge in [-0.05, 0) is 7.05 Å². The van der Waals surface area contributed by atoms with Crippen molar-refractivity contribution in [3.05, 3.63) is 16.6 Å². The molecular formula is C7H13N3O2S2. The molecule has 0 atom stereocenters. The van der Waals surface area contributed by atoms with E-state index in [1.807, 2.05) is 5.38 Å². The van der Waals surface area contributed by atoms with Crippen molar-refractivity contribution in [3.8, 4) is 0 Å². The summed E-state index contributed by atoms with van der Waals surface area (Å²) < 4.78 is 25.1. The summed E-state index contributed by atoms with van der Waals surface area (Å²) in [5.74, 6) is 0.0921. The fourth-order valence-corrected chi connectivity index (χ4v) is 2.44. The number of nitrogens with zero attached hydrogens (tertiary/aromatic N) is 1. The molecule has 0 aromatic carbocycles. The van der Waals surface area contributed by atoms with E-state index >= 15 is 0 Å². The van der Waals surface area contributed by atoms with Gasteiger partial charge in [-0.2, -0.15) is 0 Å². The Hall–Kier alpha value is -0.500. The van der Waals surface area contributed by atoms with Crippen LogP contribution in [0.5, 0.6) is 0 Å². The Morgan fingerprint density at radius 3 is 2.93 bits per heavy atom. The summed E-state index contributed by atoms with van der Waals surface area (Å²) in [6.07, 6.45) is 1.65. The quantitative estimate of drug-likeness (QED) is 0.715. The predicted molar refractivity (Wildman–Crippen MR) is 56.7 cm³/mol. The summed E-state index contributed by atoms with van der Waals surface area (Å²) in [6, 6.07) is 0. The average molecular weight is 235 g/mol. The summed E-state index contributed by atoms with van der Waals surface area (Å²) in [5.41, 5.74) is 0. The Labute approximate surface area is 87.6 Å². The van der Waals surface area contributed by atoms with E-state index in [9.17, 15) is 8.42 Å². The molecule has 0 bridgehead atoms. The van der Waals surface area contributed by atoms with Crippen molar-refractivity contribution in [2.45, 2.75) is 6.54 Å². The van der Waals surface area contributed by atoms with E-state index in [0.29, 0.717) is 6.54 Å². The van der Waals surface area contributed by atoms with E-state index in [0.717, 1.165) is 5.01 Å². The smallest absolute Gasteiger partial charge is 0.213 e. The largest absolute Gasteiger partial charge is 0.319 e. The number of thiazole rings is 1. The molecule has 0 unspecified atom stereocenters. The van der Waals surface area contributed by atoms with Crippen molar-refractivity contribution in [1.29, 1.82) is 0 Å². The lowest BCUT2D eigenvalue weighted by atomic mass is 10.7. The molecule has 1 heterocycles. The van der Waals surface area contributed by atoms with Crippen LogP contribution in [0, 0.1) is 0 Å². The van der Waals surface area contributed by atoms with E-state index in [1.54, 1.807) is 13.2 Å². The third-order valence-corrected chi connectivity index (χ3v) is 3.65. The molecule has 0 spiro atoms. The van der Waals surface area contributed by atoms with Gasteiger partial charge in [0.25, 0.3) is 0 Å². The number of hydrogen-bond donors (Lipinski definition) is 2. The molecule has 0 saturated heterocycles. The van der Waals surface area contributed by atoms with Gasteiger partial charge in [-0.1, -0.05) is 0 Å². The third-order valence-electron chi connectivity index (χ3n) is 1.55. The summed E-state index contributed by atoms with van der Waals surface area (Å²) in [6.45, 7) is 0.733. The van der Waals surface area contributed by atoms with E-state index in [-0.39, 0.29) is 12.3 Å². The predicted octanol–water partition coefficient (Wildman–Crippen LogP) is -0.218. The van der Waals surface area contributed by atoms with Crippen LogP contribution < -0.4 is 10.0 Å². The first-order valence-corrected chi connectivity index (χ1v) is 6.67. The minimum Gasteiger partial charge on any atom is -0.319 e. The minimum atomic E-state index is -3.17. The highest BCUT2D eigenvalue weighted by Crippen LogP contribution is 2.03. The Morgan fingerprint density at radius 1 is 1.57 bits per heavy atom. The summed E-state index contributed by atoms with van der Waals surface area (Å²) in [7, 11) is -1.45. The minimum absolute atomic E-state index is 0.0921. The molecular weight excluding hydrogens is 222 g/mol. The number of aromatic nitrogens is 1. The zero-order valence-electron chi connectivity index (χ0n) is 7.86. The monoisotopic (exact) mass is 235 g/mol. The van der Waals surface area contributed by atoms with Crippen LogP contribution in [-0.4, -0.2) is 32.7 Å². The Bertz CT molecular complexity index is 347. The van der Waals surface area contributed by atoms with Gasteiger partial charge in [0.2, 0.25) is 10.0 Å². The van der Waals surface area contributed by atoms with Crippen molar-refractivity contribution in [3.63, 3.8) is 0 Å². The topological polar surface area (TPSA) is 71.1 Å². The van der Waals surface area contributed by atoms with Gasteiger partial charge in [0, 0.05) is 18.1 Å². The molecule has 0 amide bonds. The zero-order chi connectivity index (χ0) is 10.4. The maximum atomic E-state index is 11.3. The fraction of sp³-hybridized carbons (Fsp3) is 0.571. The van der Waals surface area contributed by atoms with E-state index < -0.39 is 10.0 Å². The van der Waals surface area contributed by atoms with Crippen LogP contribution in [0.15, 0.2) is 11.6 Å². The molecule has 0 aliphatic carbocycles. The van der Waals surface area contributed by atoms with Gasteiger partial charge in [-0.15, -0.1) is 11.3 Å². The Kier molecular flexibility index (Phi) is 4.46. The van der Waals surface area contributed by atoms with Crippen molar-refractivity contribution >= 4 is 21.4 Å². The van der Waals surface area contributed by atoms with Gasteiger partial charge in [0.1, 0.15) is 5.01 Å². The van der Waals surface area contributed by atoms with Crippen molar-refractivity contribution in [2.75, 3.05) is 19.3 Å². The van der Waals surface area contributed by atoms with Crippen molar-refractivity contribution in [2.24, 2.45) is 0 Å². The molecule has 7 heteroatoms. The standard InChI is InChI=1S/C7H13N3O2S2/c1-8-3-5-14(11,12)10-6-7-9-2-4-13-7/h2,4,8,10H,3,5-6H2,1H3. The second kappa shape index (κ2) is 5.40. The first-order valence-electron chi connectivity index (χ1n) is 4.14. The Morgan fingerprint density at radius 2 is 2.36 bits per heavy atom. The third kappa shape index (κ3) is 4.14. The highest BCUT2D eigenvalue weighted by atomic mass is 32.2. The van der Waals surface area contributed by atoms with Gasteiger partial charge in [0.05, 0.1) is 12.3 Å². The average Bonchev–Trinajstić information content (AvgIpc) is 2.64. The van der Waals surface area contributed by atoms with Gasteiger partial charge in [-0.25, -0.2) is 18.1 Å². The van der Waals surface area contributed by atoms with Crippen LogP contribution in [0.2, 0.25) is 0 Å². The van der Waals surface area contributed by atoms with Gasteiger partial charge < -0.3 is 5.32 Å². The van der Waals surface area contributed by atoms with E-state index in [2.05, 4.69) is 15.0 Å². The molecule has 0 fully saturated rings. The van der Waals surface area contributed by atoms with Crippen LogP contribution in [-0.2, 0) is 16.6 Å². The van der Waals surface area contributed by atoms with E-state index in [4.69, 9.17) is 0 Å². The SMILES string of the molecule is CNCCS(=O)(=O)NCc1nccs1. The lowest BCUT2D eigenvalue weighted by Crippen LogP contribution is -2.30. The molecule has 0 radical (unpaired) electrons. The highest BCUT2D eigenvalue weighted by molar-refractivity contribution is 7.89. The number of hydrogen-bond acceptors (Lipinski definition) is 5. The molecule has 80 valence electrons. The van der Waals surface area contributed by atoms with E-state index in [1.165, 1.54) is 11.3 Å². The molecule has 1 aromatic heterocycles. The highest BCUT2D eigenvalue weighted by Gasteiger charge is 2.09. The van der Waals surface area contributed by atoms with Crippen LogP contribution in [0.25, 0.3) is 0 Å². The zero-order valence-corrected chi connectivity index (χ0v) is 9.49. The van der Waals surface area contributed by atoms with Crippen LogP contribution >= 0.6 is 11.3 Å². The van der Waals surface area contributed by atoms with Gasteiger partial charge in [0.15, 0.2) is 0 Å². The van der Waals surface area contributed by atoms with Crippen molar-refractivity contribution < 1.29 is 8.42 Å². The first-order chi connectivity index (χ1) is 6.64. The molecule has 1 rings (SSSR count). The summed E-state index contributed by atoms with van der Waals surface area (Å²) in [4.78, 5) is 3.98. The second-order valence-electron chi connectivity index (χ2n) is 2.67. The Balaban J connectivity index is 2.37. The molecule has 5 nitrogen and oxygen atoms in total. The first kappa shape index (κ1) is 11.6.